The van der Waals surface area contributed by atoms with Crippen LogP contribution in [-0.2, 0) is 0 Å². The van der Waals surface area contributed by atoms with Gasteiger partial charge in [0.15, 0.2) is 0 Å². The quantitative estimate of drug-likeness (QED) is 0.170. The van der Waals surface area contributed by atoms with Crippen molar-refractivity contribution in [3.63, 3.8) is 0 Å². The van der Waals surface area contributed by atoms with E-state index in [4.69, 9.17) is 8.83 Å². The third-order valence-corrected chi connectivity index (χ3v) is 10.6. The molecule has 0 saturated heterocycles. The van der Waals surface area contributed by atoms with Gasteiger partial charge in [0.25, 0.3) is 0 Å². The Morgan fingerprint density at radius 2 is 0.830 bits per heavy atom. The first-order valence-corrected chi connectivity index (χ1v) is 18.0. The number of fused-ring (bicyclic) bond motifs is 9. The zero-order valence-electron chi connectivity index (χ0n) is 28.7. The predicted molar refractivity (Wildman–Crippen MR) is 222 cm³/mol. The molecule has 0 saturated carbocycles. The highest BCUT2D eigenvalue weighted by Gasteiger charge is 2.21. The normalized spacial score (nSPS) is 11.8. The lowest BCUT2D eigenvalue weighted by Crippen LogP contribution is -2.10. The summed E-state index contributed by atoms with van der Waals surface area (Å²) in [5, 5.41) is 9.40. The minimum absolute atomic E-state index is 0.858. The first-order chi connectivity index (χ1) is 26.3. The molecular weight excluding hydrogens is 647 g/mol. The molecule has 0 spiro atoms. The van der Waals surface area contributed by atoms with E-state index in [0.29, 0.717) is 0 Å². The van der Waals surface area contributed by atoms with Gasteiger partial charge in [0.05, 0.1) is 11.1 Å². The first-order valence-electron chi connectivity index (χ1n) is 18.0. The van der Waals surface area contributed by atoms with Gasteiger partial charge >= 0.3 is 0 Å². The summed E-state index contributed by atoms with van der Waals surface area (Å²) < 4.78 is 12.7. The number of para-hydroxylation sites is 2. The van der Waals surface area contributed by atoms with Gasteiger partial charge in [-0.25, -0.2) is 0 Å². The molecule has 0 bridgehead atoms. The van der Waals surface area contributed by atoms with Gasteiger partial charge in [0, 0.05) is 27.5 Å². The average molecular weight is 678 g/mol. The van der Waals surface area contributed by atoms with Crippen molar-refractivity contribution in [1.82, 2.24) is 0 Å². The zero-order valence-corrected chi connectivity index (χ0v) is 28.7. The second kappa shape index (κ2) is 11.7. The topological polar surface area (TPSA) is 29.5 Å². The smallest absolute Gasteiger partial charge is 0.137 e. The van der Waals surface area contributed by atoms with Gasteiger partial charge in [0.1, 0.15) is 22.3 Å². The molecule has 0 aliphatic carbocycles. The molecule has 0 radical (unpaired) electrons. The molecule has 2 aromatic heterocycles. The molecule has 53 heavy (non-hydrogen) atoms. The minimum Gasteiger partial charge on any atom is -0.456 e. The van der Waals surface area contributed by atoms with E-state index in [1.165, 1.54) is 27.1 Å². The molecule has 9 aromatic carbocycles. The van der Waals surface area contributed by atoms with Crippen molar-refractivity contribution in [2.75, 3.05) is 4.90 Å². The molecule has 11 aromatic rings. The molecule has 0 aliphatic heterocycles. The van der Waals surface area contributed by atoms with E-state index >= 15 is 0 Å². The highest BCUT2D eigenvalue weighted by atomic mass is 16.3. The third-order valence-electron chi connectivity index (χ3n) is 10.6. The molecule has 0 unspecified atom stereocenters. The van der Waals surface area contributed by atoms with Crippen molar-refractivity contribution in [2.24, 2.45) is 0 Å². The van der Waals surface area contributed by atoms with Gasteiger partial charge in [-0.15, -0.1) is 0 Å². The van der Waals surface area contributed by atoms with Crippen LogP contribution in [0.2, 0.25) is 0 Å². The second-order valence-electron chi connectivity index (χ2n) is 13.7. The summed E-state index contributed by atoms with van der Waals surface area (Å²) in [4.78, 5) is 2.38. The van der Waals surface area contributed by atoms with Gasteiger partial charge in [-0.05, 0) is 104 Å². The Morgan fingerprint density at radius 3 is 1.55 bits per heavy atom. The number of hydrogen-bond acceptors (Lipinski definition) is 3. The molecule has 0 amide bonds. The van der Waals surface area contributed by atoms with Gasteiger partial charge in [0.2, 0.25) is 0 Å². The summed E-state index contributed by atoms with van der Waals surface area (Å²) in [6, 6.07) is 66.9. The van der Waals surface area contributed by atoms with Crippen molar-refractivity contribution in [3.05, 3.63) is 188 Å². The Bertz CT molecular complexity index is 3200. The van der Waals surface area contributed by atoms with Crippen LogP contribution in [0.25, 0.3) is 87.7 Å². The van der Waals surface area contributed by atoms with Gasteiger partial charge in [-0.3, -0.25) is 0 Å². The fraction of sp³-hybridized carbons (Fsp3) is 0. The lowest BCUT2D eigenvalue weighted by Gasteiger charge is -2.27. The fourth-order valence-corrected chi connectivity index (χ4v) is 8.30. The number of nitrogens with zero attached hydrogens (tertiary/aromatic N) is 1. The van der Waals surface area contributed by atoms with Crippen LogP contribution < -0.4 is 4.90 Å². The van der Waals surface area contributed by atoms with Crippen molar-refractivity contribution in [2.45, 2.75) is 0 Å². The molecule has 248 valence electrons. The lowest BCUT2D eigenvalue weighted by atomic mass is 9.93. The molecular formula is C50H31NO2. The number of hydrogen-bond donors (Lipinski definition) is 0. The number of anilines is 3. The summed E-state index contributed by atoms with van der Waals surface area (Å²) in [6.45, 7) is 0. The van der Waals surface area contributed by atoms with E-state index in [1.54, 1.807) is 0 Å². The van der Waals surface area contributed by atoms with Crippen molar-refractivity contribution in [1.29, 1.82) is 0 Å². The van der Waals surface area contributed by atoms with Gasteiger partial charge in [-0.1, -0.05) is 127 Å². The van der Waals surface area contributed by atoms with Gasteiger partial charge in [-0.2, -0.15) is 0 Å². The van der Waals surface area contributed by atoms with E-state index in [1.807, 2.05) is 24.3 Å². The zero-order chi connectivity index (χ0) is 34.9. The Kier molecular flexibility index (Phi) is 6.55. The largest absolute Gasteiger partial charge is 0.456 e. The highest BCUT2D eigenvalue weighted by molar-refractivity contribution is 6.16. The van der Waals surface area contributed by atoms with E-state index in [9.17, 15) is 0 Å². The summed E-state index contributed by atoms with van der Waals surface area (Å²) in [6.07, 6.45) is 0. The molecule has 0 aliphatic rings. The number of furan rings is 2. The maximum atomic E-state index is 6.43. The Hall–Kier alpha value is -7.10. The Morgan fingerprint density at radius 1 is 0.321 bits per heavy atom. The van der Waals surface area contributed by atoms with E-state index in [0.717, 1.165) is 77.6 Å². The molecule has 0 atom stereocenters. The number of benzene rings is 9. The van der Waals surface area contributed by atoms with Crippen LogP contribution in [0.5, 0.6) is 0 Å². The minimum atomic E-state index is 0.858. The van der Waals surface area contributed by atoms with Crippen LogP contribution in [-0.4, -0.2) is 0 Å². The van der Waals surface area contributed by atoms with E-state index in [-0.39, 0.29) is 0 Å². The third kappa shape index (κ3) is 4.68. The van der Waals surface area contributed by atoms with E-state index < -0.39 is 0 Å². The molecule has 0 N–H and O–H groups in total. The molecule has 0 fully saturated rings. The number of rotatable bonds is 5. The first kappa shape index (κ1) is 29.6. The Balaban J connectivity index is 1.16. The summed E-state index contributed by atoms with van der Waals surface area (Å²) in [5.74, 6) is 0. The summed E-state index contributed by atoms with van der Waals surface area (Å²) in [7, 11) is 0. The Labute approximate surface area is 305 Å². The second-order valence-corrected chi connectivity index (χ2v) is 13.7. The van der Waals surface area contributed by atoms with Crippen LogP contribution in [0.1, 0.15) is 0 Å². The summed E-state index contributed by atoms with van der Waals surface area (Å²) >= 11 is 0. The maximum Gasteiger partial charge on any atom is 0.137 e. The van der Waals surface area contributed by atoms with Crippen molar-refractivity contribution in [3.8, 4) is 22.3 Å². The van der Waals surface area contributed by atoms with Crippen LogP contribution in [0.4, 0.5) is 17.1 Å². The predicted octanol–water partition coefficient (Wildman–Crippen LogP) is 14.6. The summed E-state index contributed by atoms with van der Waals surface area (Å²) in [5.41, 5.74) is 11.3. The highest BCUT2D eigenvalue weighted by Crippen LogP contribution is 2.46. The molecule has 3 heteroatoms. The van der Waals surface area contributed by atoms with Crippen molar-refractivity contribution >= 4 is 82.5 Å². The lowest BCUT2D eigenvalue weighted by molar-refractivity contribution is 0.668. The average Bonchev–Trinajstić information content (AvgIpc) is 3.80. The molecule has 11 rings (SSSR count). The molecule has 2 heterocycles. The van der Waals surface area contributed by atoms with Gasteiger partial charge < -0.3 is 13.7 Å². The fourth-order valence-electron chi connectivity index (χ4n) is 8.30. The van der Waals surface area contributed by atoms with Crippen LogP contribution >= 0.6 is 0 Å². The SMILES string of the molecule is c1cc(-c2cc3ccccc3c3ccccc23)cc(N(c2cccc(-c3cccc4oc5ccccc5c34)c2)c2cccc3oc4ccccc4c23)c1. The van der Waals surface area contributed by atoms with Crippen LogP contribution in [0, 0.1) is 0 Å². The van der Waals surface area contributed by atoms with E-state index in [2.05, 4.69) is 169 Å². The van der Waals surface area contributed by atoms with Crippen LogP contribution in [0.3, 0.4) is 0 Å². The standard InChI is InChI=1S/C50H31NO2/c1-2-18-37-34(13-1)31-43(40-20-4-3-19-39(37)40)33-15-10-17-36(30-33)51(44-24-12-28-48-50(44)42-22-6-8-26-46(42)53-48)35-16-9-14-32(29-35)38-23-11-27-47-49(38)41-21-5-7-25-45(41)52-47/h1-31H. The van der Waals surface area contributed by atoms with Crippen molar-refractivity contribution < 1.29 is 8.83 Å². The maximum absolute atomic E-state index is 6.43. The van der Waals surface area contributed by atoms with Crippen LogP contribution in [0.15, 0.2) is 197 Å². The molecule has 3 nitrogen and oxygen atoms in total. The monoisotopic (exact) mass is 677 g/mol.